The Bertz CT molecular complexity index is 1590. The molecule has 0 aliphatic carbocycles. The van der Waals surface area contributed by atoms with Crippen LogP contribution in [0.15, 0.2) is 75.9 Å². The molecule has 0 fully saturated rings. The second-order valence-electron chi connectivity index (χ2n) is 9.82. The Morgan fingerprint density at radius 2 is 1.66 bits per heavy atom. The number of benzene rings is 3. The molecule has 4 aromatic rings. The highest BCUT2D eigenvalue weighted by Crippen LogP contribution is 2.24. The van der Waals surface area contributed by atoms with Gasteiger partial charge in [0.1, 0.15) is 24.5 Å². The Morgan fingerprint density at radius 3 is 2.41 bits per heavy atom. The average Bonchev–Trinajstić information content (AvgIpc) is 2.97. The highest BCUT2D eigenvalue weighted by atomic mass is 16.6. The third kappa shape index (κ3) is 7.61. The van der Waals surface area contributed by atoms with E-state index < -0.39 is 5.97 Å². The molecule has 1 heterocycles. The van der Waals surface area contributed by atoms with Gasteiger partial charge in [0, 0.05) is 34.8 Å². The Balaban J connectivity index is 1.31. The molecule has 1 N–H and O–H groups in total. The van der Waals surface area contributed by atoms with Gasteiger partial charge in [-0.1, -0.05) is 37.6 Å². The summed E-state index contributed by atoms with van der Waals surface area (Å²) in [4.78, 5) is 40.1. The number of hydrogen-bond acceptors (Lipinski definition) is 7. The third-order valence-corrected chi connectivity index (χ3v) is 7.05. The lowest BCUT2D eigenvalue weighted by molar-refractivity contribution is 0.0450. The van der Waals surface area contributed by atoms with Gasteiger partial charge in [-0.3, -0.25) is 4.79 Å². The van der Waals surface area contributed by atoms with E-state index in [1.54, 1.807) is 42.5 Å². The van der Waals surface area contributed by atoms with Gasteiger partial charge in [0.15, 0.2) is 0 Å². The summed E-state index contributed by atoms with van der Waals surface area (Å²) in [6.45, 7) is 10.9. The van der Waals surface area contributed by atoms with Gasteiger partial charge in [0.05, 0.1) is 5.56 Å². The van der Waals surface area contributed by atoms with Crippen molar-refractivity contribution in [2.75, 3.05) is 38.2 Å². The number of rotatable bonds is 12. The molecule has 0 saturated carbocycles. The van der Waals surface area contributed by atoms with Crippen molar-refractivity contribution >= 4 is 28.5 Å². The van der Waals surface area contributed by atoms with E-state index in [4.69, 9.17) is 13.9 Å². The topological polar surface area (TPSA) is 98.1 Å². The number of nitrogens with one attached hydrogen (secondary N) is 1. The number of carbonyl (C=O) groups excluding carboxylic acids is 2. The smallest absolute Gasteiger partial charge is 0.339 e. The van der Waals surface area contributed by atoms with E-state index >= 15 is 0 Å². The van der Waals surface area contributed by atoms with Gasteiger partial charge in [-0.25, -0.2) is 9.59 Å². The van der Waals surface area contributed by atoms with Crippen molar-refractivity contribution in [2.24, 2.45) is 0 Å². The SMILES string of the molecule is CCN(CC)CCc1c(C)c2ccc(OCCOC(=O)c3cccc(NC(=O)c4cccc(C)c4)c3)cc2oc1=O. The number of carbonyl (C=O) groups is 2. The molecular weight excluding hydrogens is 520 g/mol. The predicted molar refractivity (Wildman–Crippen MR) is 160 cm³/mol. The molecule has 1 aromatic heterocycles. The minimum absolute atomic E-state index is 0.0179. The lowest BCUT2D eigenvalue weighted by Gasteiger charge is -2.18. The first kappa shape index (κ1) is 29.6. The van der Waals surface area contributed by atoms with Crippen molar-refractivity contribution in [2.45, 2.75) is 34.1 Å². The lowest BCUT2D eigenvalue weighted by atomic mass is 10.0. The summed E-state index contributed by atoms with van der Waals surface area (Å²) >= 11 is 0. The lowest BCUT2D eigenvalue weighted by Crippen LogP contribution is -2.27. The molecule has 0 unspecified atom stereocenters. The second kappa shape index (κ2) is 13.8. The summed E-state index contributed by atoms with van der Waals surface area (Å²) in [5, 5.41) is 3.68. The van der Waals surface area contributed by atoms with Crippen LogP contribution in [0.2, 0.25) is 0 Å². The maximum Gasteiger partial charge on any atom is 0.339 e. The Kier molecular flexibility index (Phi) is 9.92. The van der Waals surface area contributed by atoms with Crippen LogP contribution in [0.3, 0.4) is 0 Å². The molecule has 0 aliphatic heterocycles. The zero-order chi connectivity index (χ0) is 29.4. The van der Waals surface area contributed by atoms with Crippen LogP contribution in [0.5, 0.6) is 5.75 Å². The van der Waals surface area contributed by atoms with Crippen molar-refractivity contribution in [3.63, 3.8) is 0 Å². The standard InChI is InChI=1S/C33H36N2O6/c1-5-35(6-2)16-15-29-23(4)28-14-13-27(21-30(28)41-33(29)38)39-17-18-40-32(37)25-11-8-12-26(20-25)34-31(36)24-10-7-9-22(3)19-24/h7-14,19-21H,5-6,15-18H2,1-4H3,(H,34,36). The van der Waals surface area contributed by atoms with Crippen molar-refractivity contribution in [1.29, 1.82) is 0 Å². The number of aryl methyl sites for hydroxylation is 2. The van der Waals surface area contributed by atoms with Crippen LogP contribution in [0.1, 0.15) is 51.3 Å². The van der Waals surface area contributed by atoms with Gasteiger partial charge in [-0.15, -0.1) is 0 Å². The van der Waals surface area contributed by atoms with Crippen molar-refractivity contribution in [3.05, 3.63) is 105 Å². The van der Waals surface area contributed by atoms with E-state index in [0.29, 0.717) is 40.1 Å². The van der Waals surface area contributed by atoms with Crippen molar-refractivity contribution in [1.82, 2.24) is 4.90 Å². The summed E-state index contributed by atoms with van der Waals surface area (Å²) in [6, 6.07) is 19.2. The number of nitrogens with zero attached hydrogens (tertiary/aromatic N) is 1. The van der Waals surface area contributed by atoms with Crippen molar-refractivity contribution < 1.29 is 23.5 Å². The first-order valence-electron chi connectivity index (χ1n) is 13.9. The van der Waals surface area contributed by atoms with E-state index in [2.05, 4.69) is 24.1 Å². The molecule has 0 atom stereocenters. The van der Waals surface area contributed by atoms with Gasteiger partial charge in [-0.2, -0.15) is 0 Å². The van der Waals surface area contributed by atoms with Gasteiger partial charge in [0.25, 0.3) is 5.91 Å². The highest BCUT2D eigenvalue weighted by Gasteiger charge is 2.14. The summed E-state index contributed by atoms with van der Waals surface area (Å²) in [6.07, 6.45) is 0.636. The fourth-order valence-electron chi connectivity index (χ4n) is 4.65. The molecule has 3 aromatic carbocycles. The summed E-state index contributed by atoms with van der Waals surface area (Å²) in [7, 11) is 0. The molecule has 41 heavy (non-hydrogen) atoms. The molecule has 0 aliphatic rings. The van der Waals surface area contributed by atoms with Gasteiger partial charge in [-0.05, 0) is 81.4 Å². The van der Waals surface area contributed by atoms with Gasteiger partial charge >= 0.3 is 11.6 Å². The van der Waals surface area contributed by atoms with Gasteiger partial charge < -0.3 is 24.1 Å². The average molecular weight is 557 g/mol. The zero-order valence-corrected chi connectivity index (χ0v) is 24.0. The van der Waals surface area contributed by atoms with E-state index in [0.717, 1.165) is 36.1 Å². The maximum absolute atomic E-state index is 12.7. The van der Waals surface area contributed by atoms with Gasteiger partial charge in [0.2, 0.25) is 0 Å². The number of fused-ring (bicyclic) bond motifs is 1. The monoisotopic (exact) mass is 556 g/mol. The molecule has 0 bridgehead atoms. The molecule has 4 rings (SSSR count). The number of esters is 1. The number of ether oxygens (including phenoxy) is 2. The largest absolute Gasteiger partial charge is 0.490 e. The maximum atomic E-state index is 12.7. The van der Waals surface area contributed by atoms with Crippen LogP contribution in [0.4, 0.5) is 5.69 Å². The normalized spacial score (nSPS) is 11.0. The molecule has 214 valence electrons. The summed E-state index contributed by atoms with van der Waals surface area (Å²) in [5.41, 5.74) is 4.07. The number of likely N-dealkylation sites (N-methyl/N-ethyl adjacent to an activating group) is 1. The molecule has 8 heteroatoms. The van der Waals surface area contributed by atoms with E-state index in [1.165, 1.54) is 0 Å². The summed E-state index contributed by atoms with van der Waals surface area (Å²) < 4.78 is 16.7. The first-order valence-corrected chi connectivity index (χ1v) is 13.9. The Labute approximate surface area is 239 Å². The molecular formula is C33H36N2O6. The number of hydrogen-bond donors (Lipinski definition) is 1. The second-order valence-corrected chi connectivity index (χ2v) is 9.82. The zero-order valence-electron chi connectivity index (χ0n) is 24.0. The summed E-state index contributed by atoms with van der Waals surface area (Å²) in [5.74, 6) is -0.282. The minimum atomic E-state index is -0.530. The first-order chi connectivity index (χ1) is 19.8. The highest BCUT2D eigenvalue weighted by molar-refractivity contribution is 6.05. The van der Waals surface area contributed by atoms with E-state index in [-0.39, 0.29) is 24.7 Å². The molecule has 8 nitrogen and oxygen atoms in total. The Morgan fingerprint density at radius 1 is 0.902 bits per heavy atom. The predicted octanol–water partition coefficient (Wildman–Crippen LogP) is 5.78. The van der Waals surface area contributed by atoms with Crippen LogP contribution in [-0.2, 0) is 11.2 Å². The molecule has 0 radical (unpaired) electrons. The van der Waals surface area contributed by atoms with Crippen LogP contribution in [-0.4, -0.2) is 49.6 Å². The van der Waals surface area contributed by atoms with Crippen LogP contribution >= 0.6 is 0 Å². The van der Waals surface area contributed by atoms with Crippen molar-refractivity contribution in [3.8, 4) is 5.75 Å². The van der Waals surface area contributed by atoms with Crippen LogP contribution in [0, 0.1) is 13.8 Å². The van der Waals surface area contributed by atoms with E-state index in [1.807, 2.05) is 38.1 Å². The third-order valence-electron chi connectivity index (χ3n) is 7.05. The number of amides is 1. The fraction of sp³-hybridized carbons (Fsp3) is 0.303. The Hall–Kier alpha value is -4.43. The molecule has 1 amide bonds. The minimum Gasteiger partial charge on any atom is -0.490 e. The quantitative estimate of drug-likeness (QED) is 0.134. The van der Waals surface area contributed by atoms with Crippen LogP contribution < -0.4 is 15.7 Å². The fourth-order valence-corrected chi connectivity index (χ4v) is 4.65. The molecule has 0 spiro atoms. The molecule has 0 saturated heterocycles. The number of anilines is 1. The van der Waals surface area contributed by atoms with Crippen LogP contribution in [0.25, 0.3) is 11.0 Å². The van der Waals surface area contributed by atoms with E-state index in [9.17, 15) is 14.4 Å².